The minimum Gasteiger partial charge on any atom is -0.351 e. The van der Waals surface area contributed by atoms with Crippen molar-refractivity contribution in [2.24, 2.45) is 5.73 Å². The third-order valence-corrected chi connectivity index (χ3v) is 3.77. The van der Waals surface area contributed by atoms with E-state index >= 15 is 0 Å². The van der Waals surface area contributed by atoms with E-state index in [4.69, 9.17) is 5.73 Å². The minimum absolute atomic E-state index is 0.126. The Kier molecular flexibility index (Phi) is 4.93. The fourth-order valence-electron chi connectivity index (χ4n) is 2.20. The van der Waals surface area contributed by atoms with Crippen molar-refractivity contribution in [1.82, 2.24) is 5.32 Å². The van der Waals surface area contributed by atoms with Crippen LogP contribution in [0.4, 0.5) is 4.39 Å². The van der Waals surface area contributed by atoms with Crippen LogP contribution in [0.1, 0.15) is 35.3 Å². The molecule has 0 fully saturated rings. The molecule has 0 aliphatic rings. The molecule has 2 aromatic carbocycles. The van der Waals surface area contributed by atoms with Crippen molar-refractivity contribution in [2.75, 3.05) is 6.54 Å². The van der Waals surface area contributed by atoms with Gasteiger partial charge in [0.1, 0.15) is 5.82 Å². The van der Waals surface area contributed by atoms with E-state index in [1.54, 1.807) is 24.3 Å². The van der Waals surface area contributed by atoms with Crippen LogP contribution < -0.4 is 11.1 Å². The van der Waals surface area contributed by atoms with Crippen LogP contribution in [0.15, 0.2) is 48.5 Å². The SMILES string of the molecule is CC(C)(CNC(=O)c1ccc(CN)cc1)c1ccc(F)cc1. The number of carbonyl (C=O) groups is 1. The second kappa shape index (κ2) is 6.71. The lowest BCUT2D eigenvalue weighted by atomic mass is 9.84. The Hall–Kier alpha value is -2.20. The third-order valence-electron chi connectivity index (χ3n) is 3.77. The molecule has 3 nitrogen and oxygen atoms in total. The maximum Gasteiger partial charge on any atom is 0.251 e. The van der Waals surface area contributed by atoms with E-state index in [1.165, 1.54) is 12.1 Å². The molecule has 3 N–H and O–H groups in total. The highest BCUT2D eigenvalue weighted by Crippen LogP contribution is 2.22. The second-order valence-corrected chi connectivity index (χ2v) is 5.97. The molecule has 0 aromatic heterocycles. The summed E-state index contributed by atoms with van der Waals surface area (Å²) in [5, 5.41) is 2.93. The Labute approximate surface area is 130 Å². The molecule has 0 aliphatic carbocycles. The Morgan fingerprint density at radius 3 is 2.23 bits per heavy atom. The molecule has 0 radical (unpaired) electrons. The summed E-state index contributed by atoms with van der Waals surface area (Å²) in [4.78, 5) is 12.2. The highest BCUT2D eigenvalue weighted by Gasteiger charge is 2.21. The number of hydrogen-bond acceptors (Lipinski definition) is 2. The summed E-state index contributed by atoms with van der Waals surface area (Å²) in [5.41, 5.74) is 7.83. The molecule has 1 amide bonds. The van der Waals surface area contributed by atoms with Gasteiger partial charge in [-0.3, -0.25) is 4.79 Å². The molecule has 0 aliphatic heterocycles. The number of amides is 1. The standard InChI is InChI=1S/C18H21FN2O/c1-18(2,15-7-9-16(19)10-8-15)12-21-17(22)14-5-3-13(11-20)4-6-14/h3-10H,11-12,20H2,1-2H3,(H,21,22). The number of hydrogen-bond donors (Lipinski definition) is 2. The Balaban J connectivity index is 2.01. The van der Waals surface area contributed by atoms with Gasteiger partial charge in [-0.15, -0.1) is 0 Å². The predicted octanol–water partition coefficient (Wildman–Crippen LogP) is 2.99. The van der Waals surface area contributed by atoms with Gasteiger partial charge in [-0.05, 0) is 35.4 Å². The van der Waals surface area contributed by atoms with Gasteiger partial charge in [-0.25, -0.2) is 4.39 Å². The van der Waals surface area contributed by atoms with Crippen LogP contribution in [0.25, 0.3) is 0 Å². The van der Waals surface area contributed by atoms with E-state index in [2.05, 4.69) is 5.32 Å². The van der Waals surface area contributed by atoms with Crippen LogP contribution in [0.3, 0.4) is 0 Å². The molecule has 22 heavy (non-hydrogen) atoms. The van der Waals surface area contributed by atoms with Gasteiger partial charge >= 0.3 is 0 Å². The quantitative estimate of drug-likeness (QED) is 0.892. The number of benzene rings is 2. The van der Waals surface area contributed by atoms with E-state index in [0.29, 0.717) is 18.7 Å². The minimum atomic E-state index is -0.277. The first kappa shape index (κ1) is 16.2. The van der Waals surface area contributed by atoms with E-state index in [0.717, 1.165) is 11.1 Å². The molecular weight excluding hydrogens is 279 g/mol. The molecule has 0 spiro atoms. The monoisotopic (exact) mass is 300 g/mol. The van der Waals surface area contributed by atoms with Crippen molar-refractivity contribution in [3.63, 3.8) is 0 Å². The van der Waals surface area contributed by atoms with Crippen LogP contribution in [0.5, 0.6) is 0 Å². The van der Waals surface area contributed by atoms with Crippen molar-refractivity contribution in [3.8, 4) is 0 Å². The maximum absolute atomic E-state index is 13.0. The van der Waals surface area contributed by atoms with Crippen molar-refractivity contribution < 1.29 is 9.18 Å². The average Bonchev–Trinajstić information content (AvgIpc) is 2.53. The smallest absolute Gasteiger partial charge is 0.251 e. The normalized spacial score (nSPS) is 11.3. The molecule has 0 bridgehead atoms. The number of nitrogens with two attached hydrogens (primary N) is 1. The molecule has 116 valence electrons. The van der Waals surface area contributed by atoms with Gasteiger partial charge in [-0.1, -0.05) is 38.1 Å². The molecule has 0 saturated carbocycles. The largest absolute Gasteiger partial charge is 0.351 e. The summed E-state index contributed by atoms with van der Waals surface area (Å²) in [5.74, 6) is -0.387. The van der Waals surface area contributed by atoms with E-state index in [-0.39, 0.29) is 17.1 Å². The predicted molar refractivity (Wildman–Crippen MR) is 86.1 cm³/mol. The summed E-state index contributed by atoms with van der Waals surface area (Å²) in [6, 6.07) is 13.6. The molecule has 2 rings (SSSR count). The van der Waals surface area contributed by atoms with Crippen LogP contribution in [0, 0.1) is 5.82 Å². The Morgan fingerprint density at radius 1 is 1.09 bits per heavy atom. The number of halogens is 1. The molecule has 0 heterocycles. The molecular formula is C18H21FN2O. The lowest BCUT2D eigenvalue weighted by molar-refractivity contribution is 0.0945. The molecule has 0 atom stereocenters. The Bertz CT molecular complexity index is 633. The van der Waals surface area contributed by atoms with E-state index in [9.17, 15) is 9.18 Å². The highest BCUT2D eigenvalue weighted by atomic mass is 19.1. The number of rotatable bonds is 5. The summed E-state index contributed by atoms with van der Waals surface area (Å²) >= 11 is 0. The fourth-order valence-corrected chi connectivity index (χ4v) is 2.20. The first-order chi connectivity index (χ1) is 10.4. The third kappa shape index (κ3) is 3.92. The molecule has 0 unspecified atom stereocenters. The summed E-state index contributed by atoms with van der Waals surface area (Å²) in [7, 11) is 0. The topological polar surface area (TPSA) is 55.1 Å². The highest BCUT2D eigenvalue weighted by molar-refractivity contribution is 5.94. The van der Waals surface area contributed by atoms with E-state index < -0.39 is 0 Å². The van der Waals surface area contributed by atoms with Crippen molar-refractivity contribution in [2.45, 2.75) is 25.8 Å². The van der Waals surface area contributed by atoms with Crippen LogP contribution in [0.2, 0.25) is 0 Å². The zero-order valence-corrected chi connectivity index (χ0v) is 12.9. The van der Waals surface area contributed by atoms with Gasteiger partial charge in [-0.2, -0.15) is 0 Å². The van der Waals surface area contributed by atoms with Crippen LogP contribution >= 0.6 is 0 Å². The summed E-state index contributed by atoms with van der Waals surface area (Å²) in [6.45, 7) is 4.95. The van der Waals surface area contributed by atoms with Crippen molar-refractivity contribution >= 4 is 5.91 Å². The van der Waals surface area contributed by atoms with Gasteiger partial charge in [0.15, 0.2) is 0 Å². The molecule has 4 heteroatoms. The van der Waals surface area contributed by atoms with Gasteiger partial charge < -0.3 is 11.1 Å². The van der Waals surface area contributed by atoms with Crippen LogP contribution in [-0.4, -0.2) is 12.5 Å². The van der Waals surface area contributed by atoms with Crippen LogP contribution in [-0.2, 0) is 12.0 Å². The zero-order chi connectivity index (χ0) is 16.2. The summed E-state index contributed by atoms with van der Waals surface area (Å²) in [6.07, 6.45) is 0. The van der Waals surface area contributed by atoms with Crippen molar-refractivity contribution in [1.29, 1.82) is 0 Å². The lowest BCUT2D eigenvalue weighted by Crippen LogP contribution is -2.36. The van der Waals surface area contributed by atoms with Crippen molar-refractivity contribution in [3.05, 3.63) is 71.0 Å². The van der Waals surface area contributed by atoms with Gasteiger partial charge in [0, 0.05) is 24.1 Å². The number of nitrogens with one attached hydrogen (secondary N) is 1. The first-order valence-electron chi connectivity index (χ1n) is 7.25. The summed E-state index contributed by atoms with van der Waals surface area (Å²) < 4.78 is 13.0. The molecule has 0 saturated heterocycles. The maximum atomic E-state index is 13.0. The first-order valence-corrected chi connectivity index (χ1v) is 7.25. The van der Waals surface area contributed by atoms with Gasteiger partial charge in [0.05, 0.1) is 0 Å². The van der Waals surface area contributed by atoms with Gasteiger partial charge in [0.2, 0.25) is 0 Å². The zero-order valence-electron chi connectivity index (χ0n) is 12.9. The second-order valence-electron chi connectivity index (χ2n) is 5.97. The Morgan fingerprint density at radius 2 is 1.68 bits per heavy atom. The number of carbonyl (C=O) groups excluding carboxylic acids is 1. The lowest BCUT2D eigenvalue weighted by Gasteiger charge is -2.25. The van der Waals surface area contributed by atoms with E-state index in [1.807, 2.05) is 26.0 Å². The fraction of sp³-hybridized carbons (Fsp3) is 0.278. The van der Waals surface area contributed by atoms with Gasteiger partial charge in [0.25, 0.3) is 5.91 Å². The molecule has 2 aromatic rings. The average molecular weight is 300 g/mol.